The van der Waals surface area contributed by atoms with Crippen molar-refractivity contribution in [3.8, 4) is 0 Å². The molecule has 7 heteroatoms. The molecule has 0 aliphatic carbocycles. The maximum atomic E-state index is 12.3. The van der Waals surface area contributed by atoms with Gasteiger partial charge in [0, 0.05) is 18.9 Å². The molecule has 0 aromatic heterocycles. The number of hydrogen-bond donors (Lipinski definition) is 3. The molecule has 0 saturated heterocycles. The second-order valence-corrected chi connectivity index (χ2v) is 6.84. The summed E-state index contributed by atoms with van der Waals surface area (Å²) < 4.78 is 0. The van der Waals surface area contributed by atoms with Gasteiger partial charge in [-0.25, -0.2) is 0 Å². The quantitative estimate of drug-likeness (QED) is 0.378. The molecule has 0 aliphatic rings. The standard InChI is InChI=1S/C20H28N2O5/c1-14(2)17(20(27)22-16(13-23)11-19(25)26)12-18(24)21-10-6-9-15-7-4-3-5-8-15/h3-5,7-8,13-14,16-17H,6,9-12H2,1-2H3,(H,21,24)(H,22,27)(H,25,26). The molecule has 0 bridgehead atoms. The maximum absolute atomic E-state index is 12.3. The van der Waals surface area contributed by atoms with E-state index in [-0.39, 0.29) is 18.2 Å². The average molecular weight is 376 g/mol. The summed E-state index contributed by atoms with van der Waals surface area (Å²) in [6.07, 6.45) is 1.55. The Bertz CT molecular complexity index is 631. The number of benzene rings is 1. The first kappa shape index (κ1) is 22.3. The second-order valence-electron chi connectivity index (χ2n) is 6.84. The minimum atomic E-state index is -1.18. The first-order valence-electron chi connectivity index (χ1n) is 9.11. The monoisotopic (exact) mass is 376 g/mol. The summed E-state index contributed by atoms with van der Waals surface area (Å²) >= 11 is 0. The summed E-state index contributed by atoms with van der Waals surface area (Å²) in [5.74, 6) is -2.65. The van der Waals surface area contributed by atoms with Crippen molar-refractivity contribution in [2.75, 3.05) is 6.54 Å². The van der Waals surface area contributed by atoms with Crippen LogP contribution in [0.15, 0.2) is 30.3 Å². The molecule has 0 saturated carbocycles. The maximum Gasteiger partial charge on any atom is 0.305 e. The van der Waals surface area contributed by atoms with Gasteiger partial charge in [-0.2, -0.15) is 0 Å². The van der Waals surface area contributed by atoms with E-state index in [2.05, 4.69) is 10.6 Å². The molecule has 1 rings (SSSR count). The van der Waals surface area contributed by atoms with Gasteiger partial charge >= 0.3 is 5.97 Å². The van der Waals surface area contributed by atoms with Crippen molar-refractivity contribution in [1.82, 2.24) is 10.6 Å². The van der Waals surface area contributed by atoms with Crippen molar-refractivity contribution in [2.24, 2.45) is 11.8 Å². The molecule has 1 aromatic rings. The Morgan fingerprint density at radius 2 is 1.78 bits per heavy atom. The third kappa shape index (κ3) is 8.99. The zero-order chi connectivity index (χ0) is 20.2. The van der Waals surface area contributed by atoms with E-state index in [1.54, 1.807) is 13.8 Å². The summed E-state index contributed by atoms with van der Waals surface area (Å²) in [5.41, 5.74) is 1.20. The lowest BCUT2D eigenvalue weighted by atomic mass is 9.91. The predicted octanol–water partition coefficient (Wildman–Crippen LogP) is 1.56. The fourth-order valence-corrected chi connectivity index (χ4v) is 2.68. The highest BCUT2D eigenvalue weighted by Crippen LogP contribution is 2.16. The van der Waals surface area contributed by atoms with Crippen molar-refractivity contribution in [1.29, 1.82) is 0 Å². The number of amides is 2. The van der Waals surface area contributed by atoms with Gasteiger partial charge in [0.1, 0.15) is 6.29 Å². The Balaban J connectivity index is 2.45. The third-order valence-corrected chi connectivity index (χ3v) is 4.24. The van der Waals surface area contributed by atoms with Gasteiger partial charge in [-0.1, -0.05) is 44.2 Å². The minimum Gasteiger partial charge on any atom is -0.481 e. The lowest BCUT2D eigenvalue weighted by molar-refractivity contribution is -0.139. The topological polar surface area (TPSA) is 113 Å². The normalized spacial score (nSPS) is 12.9. The number of carbonyl (C=O) groups is 4. The van der Waals surface area contributed by atoms with Crippen molar-refractivity contribution >= 4 is 24.1 Å². The smallest absolute Gasteiger partial charge is 0.305 e. The number of nitrogens with one attached hydrogen (secondary N) is 2. The van der Waals surface area contributed by atoms with Crippen LogP contribution in [0.4, 0.5) is 0 Å². The van der Waals surface area contributed by atoms with Crippen molar-refractivity contribution in [2.45, 2.75) is 45.6 Å². The first-order valence-corrected chi connectivity index (χ1v) is 9.11. The molecule has 0 heterocycles. The fraction of sp³-hybridized carbons (Fsp3) is 0.500. The van der Waals surface area contributed by atoms with Gasteiger partial charge in [-0.15, -0.1) is 0 Å². The van der Waals surface area contributed by atoms with Crippen LogP contribution in [0.3, 0.4) is 0 Å². The number of aryl methyl sites for hydroxylation is 1. The molecule has 0 radical (unpaired) electrons. The van der Waals surface area contributed by atoms with Crippen molar-refractivity contribution in [3.05, 3.63) is 35.9 Å². The van der Waals surface area contributed by atoms with Crippen LogP contribution in [0, 0.1) is 11.8 Å². The second kappa shape index (κ2) is 11.8. The van der Waals surface area contributed by atoms with Crippen LogP contribution in [-0.4, -0.2) is 41.8 Å². The van der Waals surface area contributed by atoms with Gasteiger partial charge in [0.2, 0.25) is 11.8 Å². The molecule has 2 atom stereocenters. The highest BCUT2D eigenvalue weighted by atomic mass is 16.4. The largest absolute Gasteiger partial charge is 0.481 e. The number of carboxylic acid groups (broad SMARTS) is 1. The number of hydrogen-bond acceptors (Lipinski definition) is 4. The van der Waals surface area contributed by atoms with Gasteiger partial charge in [-0.3, -0.25) is 14.4 Å². The predicted molar refractivity (Wildman–Crippen MR) is 101 cm³/mol. The van der Waals surface area contributed by atoms with E-state index in [0.717, 1.165) is 12.8 Å². The number of carboxylic acids is 1. The molecule has 7 nitrogen and oxygen atoms in total. The highest BCUT2D eigenvalue weighted by molar-refractivity contribution is 5.88. The lowest BCUT2D eigenvalue weighted by Crippen LogP contribution is -2.44. The molecule has 0 aliphatic heterocycles. The van der Waals surface area contributed by atoms with Crippen LogP contribution in [0.2, 0.25) is 0 Å². The molecular formula is C20H28N2O5. The van der Waals surface area contributed by atoms with Crippen LogP contribution < -0.4 is 10.6 Å². The summed E-state index contributed by atoms with van der Waals surface area (Å²) in [6, 6.07) is 8.86. The van der Waals surface area contributed by atoms with E-state index in [1.807, 2.05) is 30.3 Å². The number of aldehydes is 1. The van der Waals surface area contributed by atoms with Gasteiger partial charge in [0.15, 0.2) is 0 Å². The van der Waals surface area contributed by atoms with Crippen LogP contribution in [0.5, 0.6) is 0 Å². The molecular weight excluding hydrogens is 348 g/mol. The van der Waals surface area contributed by atoms with Crippen molar-refractivity contribution in [3.63, 3.8) is 0 Å². The summed E-state index contributed by atoms with van der Waals surface area (Å²) in [6.45, 7) is 4.12. The molecule has 148 valence electrons. The Morgan fingerprint density at radius 1 is 1.11 bits per heavy atom. The molecule has 3 N–H and O–H groups in total. The molecule has 0 spiro atoms. The fourth-order valence-electron chi connectivity index (χ4n) is 2.68. The number of carbonyl (C=O) groups excluding carboxylic acids is 3. The number of rotatable bonds is 12. The molecule has 0 fully saturated rings. The van der Waals surface area contributed by atoms with E-state index in [1.165, 1.54) is 5.56 Å². The van der Waals surface area contributed by atoms with Gasteiger partial charge in [-0.05, 0) is 24.3 Å². The highest BCUT2D eigenvalue weighted by Gasteiger charge is 2.27. The molecule has 2 amide bonds. The third-order valence-electron chi connectivity index (χ3n) is 4.24. The SMILES string of the molecule is CC(C)C(CC(=O)NCCCc1ccccc1)C(=O)NC(C=O)CC(=O)O. The van der Waals surface area contributed by atoms with Crippen LogP contribution >= 0.6 is 0 Å². The van der Waals surface area contributed by atoms with Crippen molar-refractivity contribution < 1.29 is 24.3 Å². The van der Waals surface area contributed by atoms with Crippen LogP contribution in [0.25, 0.3) is 0 Å². The molecule has 1 aromatic carbocycles. The average Bonchev–Trinajstić information content (AvgIpc) is 2.62. The van der Waals surface area contributed by atoms with E-state index in [4.69, 9.17) is 5.11 Å². The van der Waals surface area contributed by atoms with Gasteiger partial charge in [0.05, 0.1) is 12.5 Å². The Labute approximate surface area is 159 Å². The van der Waals surface area contributed by atoms with E-state index < -0.39 is 30.3 Å². The number of aliphatic carboxylic acids is 1. The zero-order valence-electron chi connectivity index (χ0n) is 15.8. The van der Waals surface area contributed by atoms with E-state index in [9.17, 15) is 19.2 Å². The zero-order valence-corrected chi connectivity index (χ0v) is 15.8. The molecule has 2 unspecified atom stereocenters. The Morgan fingerprint density at radius 3 is 2.33 bits per heavy atom. The first-order chi connectivity index (χ1) is 12.8. The lowest BCUT2D eigenvalue weighted by Gasteiger charge is -2.21. The minimum absolute atomic E-state index is 0.00646. The van der Waals surface area contributed by atoms with Crippen LogP contribution in [0.1, 0.15) is 38.7 Å². The van der Waals surface area contributed by atoms with E-state index in [0.29, 0.717) is 12.8 Å². The van der Waals surface area contributed by atoms with Gasteiger partial charge < -0.3 is 20.5 Å². The Kier molecular flexibility index (Phi) is 9.79. The Hall–Kier alpha value is -2.70. The van der Waals surface area contributed by atoms with Crippen LogP contribution in [-0.2, 0) is 25.6 Å². The summed E-state index contributed by atoms with van der Waals surface area (Å²) in [4.78, 5) is 46.1. The summed E-state index contributed by atoms with van der Waals surface area (Å²) in [7, 11) is 0. The van der Waals surface area contributed by atoms with E-state index >= 15 is 0 Å². The molecule has 27 heavy (non-hydrogen) atoms. The van der Waals surface area contributed by atoms with Gasteiger partial charge in [0.25, 0.3) is 0 Å². The summed E-state index contributed by atoms with van der Waals surface area (Å²) in [5, 5.41) is 14.0.